The molecule has 2 heterocycles. The molecule has 1 saturated heterocycles. The maximum absolute atomic E-state index is 9.56. The minimum atomic E-state index is 0.164. The van der Waals surface area contributed by atoms with E-state index in [1.165, 1.54) is 12.8 Å². The number of hydrogen-bond acceptors (Lipinski definition) is 5. The fourth-order valence-corrected chi connectivity index (χ4v) is 2.72. The summed E-state index contributed by atoms with van der Waals surface area (Å²) in [6, 6.07) is 0.164. The number of nitrogens with zero attached hydrogens (tertiary/aromatic N) is 3. The van der Waals surface area contributed by atoms with Gasteiger partial charge in [0.15, 0.2) is 0 Å². The molecule has 21 heavy (non-hydrogen) atoms. The molecule has 2 N–H and O–H groups in total. The maximum atomic E-state index is 9.56. The van der Waals surface area contributed by atoms with Crippen molar-refractivity contribution in [2.75, 3.05) is 24.6 Å². The zero-order valence-corrected chi connectivity index (χ0v) is 13.3. The highest BCUT2D eigenvalue weighted by atomic mass is 16.3. The molecule has 1 aromatic heterocycles. The van der Waals surface area contributed by atoms with Gasteiger partial charge in [0.1, 0.15) is 0 Å². The lowest BCUT2D eigenvalue weighted by molar-refractivity contribution is 0.254. The molecule has 5 heteroatoms. The average molecular weight is 292 g/mol. The van der Waals surface area contributed by atoms with E-state index in [1.807, 2.05) is 12.4 Å². The number of hydrogen-bond donors (Lipinski definition) is 2. The van der Waals surface area contributed by atoms with E-state index < -0.39 is 0 Å². The van der Waals surface area contributed by atoms with Crippen LogP contribution in [0.4, 0.5) is 5.95 Å². The molecule has 1 aromatic rings. The highest BCUT2D eigenvalue weighted by molar-refractivity contribution is 5.32. The van der Waals surface area contributed by atoms with Crippen LogP contribution in [-0.4, -0.2) is 40.8 Å². The average Bonchev–Trinajstić information content (AvgIpc) is 2.73. The molecule has 5 nitrogen and oxygen atoms in total. The second-order valence-corrected chi connectivity index (χ2v) is 6.30. The van der Waals surface area contributed by atoms with Crippen LogP contribution in [0, 0.1) is 5.92 Å². The van der Waals surface area contributed by atoms with Crippen LogP contribution < -0.4 is 10.2 Å². The zero-order valence-electron chi connectivity index (χ0n) is 13.3. The van der Waals surface area contributed by atoms with Crippen LogP contribution in [0.3, 0.4) is 0 Å². The summed E-state index contributed by atoms with van der Waals surface area (Å²) in [6.45, 7) is 7.32. The smallest absolute Gasteiger partial charge is 0.225 e. The fraction of sp³-hybridized carbons (Fsp3) is 0.750. The SMILES string of the molecule is CC(C)CNCc1cnc(N2CCCCCC2CO)nc1. The first-order chi connectivity index (χ1) is 10.2. The first-order valence-electron chi connectivity index (χ1n) is 8.10. The van der Waals surface area contributed by atoms with Gasteiger partial charge in [-0.25, -0.2) is 9.97 Å². The van der Waals surface area contributed by atoms with E-state index in [2.05, 4.69) is 34.0 Å². The summed E-state index contributed by atoms with van der Waals surface area (Å²) in [6.07, 6.45) is 8.38. The highest BCUT2D eigenvalue weighted by Crippen LogP contribution is 2.20. The van der Waals surface area contributed by atoms with Crippen molar-refractivity contribution in [3.63, 3.8) is 0 Å². The van der Waals surface area contributed by atoms with Gasteiger partial charge in [0, 0.05) is 31.0 Å². The third-order valence-corrected chi connectivity index (χ3v) is 3.92. The molecule has 1 aliphatic heterocycles. The van der Waals surface area contributed by atoms with Gasteiger partial charge in [0.05, 0.1) is 12.6 Å². The van der Waals surface area contributed by atoms with Crippen LogP contribution in [0.25, 0.3) is 0 Å². The van der Waals surface area contributed by atoms with Gasteiger partial charge in [0.2, 0.25) is 5.95 Å². The Morgan fingerprint density at radius 2 is 2.05 bits per heavy atom. The lowest BCUT2D eigenvalue weighted by atomic mass is 10.1. The number of aromatic nitrogens is 2. The van der Waals surface area contributed by atoms with E-state index in [-0.39, 0.29) is 12.6 Å². The number of aliphatic hydroxyl groups excluding tert-OH is 1. The Balaban J connectivity index is 1.96. The van der Waals surface area contributed by atoms with Crippen molar-refractivity contribution < 1.29 is 5.11 Å². The van der Waals surface area contributed by atoms with Gasteiger partial charge in [-0.05, 0) is 25.3 Å². The van der Waals surface area contributed by atoms with Crippen molar-refractivity contribution in [3.05, 3.63) is 18.0 Å². The Morgan fingerprint density at radius 3 is 2.71 bits per heavy atom. The number of nitrogens with one attached hydrogen (secondary N) is 1. The van der Waals surface area contributed by atoms with Crippen molar-refractivity contribution in [2.24, 2.45) is 5.92 Å². The first-order valence-corrected chi connectivity index (χ1v) is 8.10. The minimum Gasteiger partial charge on any atom is -0.394 e. The molecule has 1 aliphatic rings. The molecule has 0 aromatic carbocycles. The molecule has 1 unspecified atom stereocenters. The van der Waals surface area contributed by atoms with Crippen LogP contribution in [0.15, 0.2) is 12.4 Å². The second-order valence-electron chi connectivity index (χ2n) is 6.30. The molecule has 1 atom stereocenters. The van der Waals surface area contributed by atoms with Gasteiger partial charge in [-0.2, -0.15) is 0 Å². The second kappa shape index (κ2) is 8.29. The van der Waals surface area contributed by atoms with Crippen LogP contribution in [-0.2, 0) is 6.54 Å². The Morgan fingerprint density at radius 1 is 1.29 bits per heavy atom. The van der Waals surface area contributed by atoms with Crippen LogP contribution >= 0.6 is 0 Å². The zero-order chi connectivity index (χ0) is 15.1. The number of anilines is 1. The number of rotatable bonds is 6. The van der Waals surface area contributed by atoms with Crippen LogP contribution in [0.1, 0.15) is 45.1 Å². The van der Waals surface area contributed by atoms with E-state index in [0.717, 1.165) is 44.0 Å². The highest BCUT2D eigenvalue weighted by Gasteiger charge is 2.22. The Labute approximate surface area is 127 Å². The molecule has 0 radical (unpaired) electrons. The van der Waals surface area contributed by atoms with Crippen LogP contribution in [0.2, 0.25) is 0 Å². The van der Waals surface area contributed by atoms with Crippen molar-refractivity contribution in [2.45, 2.75) is 52.1 Å². The van der Waals surface area contributed by atoms with Crippen molar-refractivity contribution in [1.29, 1.82) is 0 Å². The molecule has 0 amide bonds. The molecule has 0 bridgehead atoms. The maximum Gasteiger partial charge on any atom is 0.225 e. The Bertz CT molecular complexity index is 407. The Hall–Kier alpha value is -1.20. The summed E-state index contributed by atoms with van der Waals surface area (Å²) in [5.74, 6) is 1.40. The van der Waals surface area contributed by atoms with Gasteiger partial charge >= 0.3 is 0 Å². The van der Waals surface area contributed by atoms with Gasteiger partial charge < -0.3 is 15.3 Å². The summed E-state index contributed by atoms with van der Waals surface area (Å²) in [7, 11) is 0. The van der Waals surface area contributed by atoms with E-state index >= 15 is 0 Å². The Kier molecular flexibility index (Phi) is 6.39. The molecule has 1 fully saturated rings. The topological polar surface area (TPSA) is 61.3 Å². The van der Waals surface area contributed by atoms with Crippen molar-refractivity contribution in [3.8, 4) is 0 Å². The van der Waals surface area contributed by atoms with Gasteiger partial charge in [-0.3, -0.25) is 0 Å². The standard InChI is InChI=1S/C16H28N4O/c1-13(2)8-17-9-14-10-18-16(19-11-14)20-7-5-3-4-6-15(20)12-21/h10-11,13,15,17,21H,3-9,12H2,1-2H3. The van der Waals surface area contributed by atoms with E-state index in [0.29, 0.717) is 5.92 Å². The van der Waals surface area contributed by atoms with E-state index in [4.69, 9.17) is 0 Å². The largest absolute Gasteiger partial charge is 0.394 e. The molecular weight excluding hydrogens is 264 g/mol. The fourth-order valence-electron chi connectivity index (χ4n) is 2.72. The molecule has 0 saturated carbocycles. The van der Waals surface area contributed by atoms with Crippen molar-refractivity contribution >= 4 is 5.95 Å². The molecule has 0 aliphatic carbocycles. The van der Waals surface area contributed by atoms with Gasteiger partial charge in [0.25, 0.3) is 0 Å². The predicted octanol–water partition coefficient (Wildman–Crippen LogP) is 1.96. The lowest BCUT2D eigenvalue weighted by Crippen LogP contribution is -2.38. The molecule has 0 spiro atoms. The normalized spacial score (nSPS) is 19.8. The van der Waals surface area contributed by atoms with E-state index in [1.54, 1.807) is 0 Å². The van der Waals surface area contributed by atoms with E-state index in [9.17, 15) is 5.11 Å². The summed E-state index contributed by atoms with van der Waals surface area (Å²) < 4.78 is 0. The van der Waals surface area contributed by atoms with Crippen molar-refractivity contribution in [1.82, 2.24) is 15.3 Å². The minimum absolute atomic E-state index is 0.164. The third-order valence-electron chi connectivity index (χ3n) is 3.92. The van der Waals surface area contributed by atoms with Crippen LogP contribution in [0.5, 0.6) is 0 Å². The quantitative estimate of drug-likeness (QED) is 0.839. The summed E-state index contributed by atoms with van der Waals surface area (Å²) in [5.41, 5.74) is 1.11. The summed E-state index contributed by atoms with van der Waals surface area (Å²) in [5, 5.41) is 13.0. The summed E-state index contributed by atoms with van der Waals surface area (Å²) >= 11 is 0. The molecule has 2 rings (SSSR count). The summed E-state index contributed by atoms with van der Waals surface area (Å²) in [4.78, 5) is 11.2. The van der Waals surface area contributed by atoms with Gasteiger partial charge in [-0.1, -0.05) is 26.7 Å². The monoisotopic (exact) mass is 292 g/mol. The number of aliphatic hydroxyl groups is 1. The molecule has 118 valence electrons. The first kappa shape index (κ1) is 16.2. The molecular formula is C16H28N4O. The van der Waals surface area contributed by atoms with Gasteiger partial charge in [-0.15, -0.1) is 0 Å². The third kappa shape index (κ3) is 4.93. The lowest BCUT2D eigenvalue weighted by Gasteiger charge is -2.28. The predicted molar refractivity (Wildman–Crippen MR) is 85.3 cm³/mol.